The third kappa shape index (κ3) is 5.72. The first-order chi connectivity index (χ1) is 14.5. The maximum absolute atomic E-state index is 13.0. The molecule has 1 aromatic heterocycles. The number of hydrogen-bond donors (Lipinski definition) is 3. The molecule has 0 bridgehead atoms. The molecular weight excluding hydrogens is 438 g/mol. The Morgan fingerprint density at radius 2 is 1.84 bits per heavy atom. The van der Waals surface area contributed by atoms with E-state index in [0.717, 1.165) is 5.56 Å². The number of benzene rings is 2. The summed E-state index contributed by atoms with van der Waals surface area (Å²) < 4.78 is 28.5. The number of aromatic nitrogens is 1. The molecule has 3 rings (SSSR count). The standard InChI is InChI=1S/C22H24ClN3O4S/c1-13(2)10-20(22(28)24-16-6-4-14(3)18(23)12-16)26-31(29,30)17-7-8-19-15(11-17)5-9-21(27)25-19/h4-9,11-13,20,26H,10H2,1-3H3,(H,24,28)(H,25,27)/t20-/m0/s1. The smallest absolute Gasteiger partial charge is 0.248 e. The van der Waals surface area contributed by atoms with Gasteiger partial charge in [0.15, 0.2) is 0 Å². The Morgan fingerprint density at radius 1 is 1.10 bits per heavy atom. The largest absolute Gasteiger partial charge is 0.325 e. The SMILES string of the molecule is Cc1ccc(NC(=O)[C@H](CC(C)C)NS(=O)(=O)c2ccc3[nH]c(=O)ccc3c2)cc1Cl. The molecule has 0 fully saturated rings. The number of anilines is 1. The van der Waals surface area contributed by atoms with Crippen molar-refractivity contribution in [3.63, 3.8) is 0 Å². The molecule has 2 aromatic carbocycles. The van der Waals surface area contributed by atoms with Crippen LogP contribution in [0.3, 0.4) is 0 Å². The Kier molecular flexibility index (Phi) is 6.83. The zero-order valence-electron chi connectivity index (χ0n) is 17.4. The highest BCUT2D eigenvalue weighted by molar-refractivity contribution is 7.89. The lowest BCUT2D eigenvalue weighted by atomic mass is 10.0. The molecule has 0 radical (unpaired) electrons. The number of nitrogens with one attached hydrogen (secondary N) is 3. The predicted octanol–water partition coefficient (Wildman–Crippen LogP) is 3.82. The molecule has 0 aliphatic heterocycles. The first kappa shape index (κ1) is 23.0. The topological polar surface area (TPSA) is 108 Å². The highest BCUT2D eigenvalue weighted by Gasteiger charge is 2.27. The zero-order chi connectivity index (χ0) is 22.8. The van der Waals surface area contributed by atoms with Crippen LogP contribution in [0.15, 0.2) is 58.2 Å². The number of aromatic amines is 1. The van der Waals surface area contributed by atoms with Crippen molar-refractivity contribution in [2.75, 3.05) is 5.32 Å². The normalized spacial score (nSPS) is 12.8. The number of sulfonamides is 1. The third-order valence-corrected chi connectivity index (χ3v) is 6.64. The predicted molar refractivity (Wildman–Crippen MR) is 123 cm³/mol. The van der Waals surface area contributed by atoms with Crippen molar-refractivity contribution in [1.29, 1.82) is 0 Å². The van der Waals surface area contributed by atoms with Crippen molar-refractivity contribution >= 4 is 44.1 Å². The van der Waals surface area contributed by atoms with Crippen molar-refractivity contribution in [3.8, 4) is 0 Å². The lowest BCUT2D eigenvalue weighted by molar-refractivity contribution is -0.118. The van der Waals surface area contributed by atoms with E-state index in [1.165, 1.54) is 24.3 Å². The van der Waals surface area contributed by atoms with E-state index >= 15 is 0 Å². The van der Waals surface area contributed by atoms with E-state index in [1.807, 2.05) is 20.8 Å². The summed E-state index contributed by atoms with van der Waals surface area (Å²) in [6.07, 6.45) is 0.311. The first-order valence-electron chi connectivity index (χ1n) is 9.77. The van der Waals surface area contributed by atoms with Crippen LogP contribution in [0, 0.1) is 12.8 Å². The second-order valence-electron chi connectivity index (χ2n) is 7.83. The third-order valence-electron chi connectivity index (χ3n) is 4.77. The maximum Gasteiger partial charge on any atom is 0.248 e. The summed E-state index contributed by atoms with van der Waals surface area (Å²) in [7, 11) is -3.99. The van der Waals surface area contributed by atoms with Crippen LogP contribution in [0.4, 0.5) is 5.69 Å². The van der Waals surface area contributed by atoms with E-state index in [9.17, 15) is 18.0 Å². The number of H-pyrrole nitrogens is 1. The number of pyridine rings is 1. The number of carbonyl (C=O) groups is 1. The average Bonchev–Trinajstić information content (AvgIpc) is 2.69. The number of halogens is 1. The van der Waals surface area contributed by atoms with Crippen LogP contribution in [0.25, 0.3) is 10.9 Å². The fourth-order valence-electron chi connectivity index (χ4n) is 3.13. The highest BCUT2D eigenvalue weighted by Crippen LogP contribution is 2.21. The van der Waals surface area contributed by atoms with Gasteiger partial charge >= 0.3 is 0 Å². The van der Waals surface area contributed by atoms with Crippen molar-refractivity contribution in [2.24, 2.45) is 5.92 Å². The Bertz CT molecular complexity index is 1290. The van der Waals surface area contributed by atoms with E-state index < -0.39 is 22.0 Å². The molecule has 3 aromatic rings. The molecule has 1 heterocycles. The quantitative estimate of drug-likeness (QED) is 0.497. The molecule has 0 saturated heterocycles. The molecule has 164 valence electrons. The zero-order valence-corrected chi connectivity index (χ0v) is 19.0. The Hall–Kier alpha value is -2.68. The monoisotopic (exact) mass is 461 g/mol. The number of fused-ring (bicyclic) bond motifs is 1. The summed E-state index contributed by atoms with van der Waals surface area (Å²) in [5, 5.41) is 3.81. The summed E-state index contributed by atoms with van der Waals surface area (Å²) in [4.78, 5) is 27.0. The van der Waals surface area contributed by atoms with E-state index in [-0.39, 0.29) is 16.4 Å². The van der Waals surface area contributed by atoms with Gasteiger partial charge in [0.25, 0.3) is 0 Å². The van der Waals surface area contributed by atoms with Gasteiger partial charge in [0.1, 0.15) is 6.04 Å². The van der Waals surface area contributed by atoms with Crippen LogP contribution in [0.1, 0.15) is 25.8 Å². The second kappa shape index (κ2) is 9.21. The van der Waals surface area contributed by atoms with Crippen LogP contribution in [0.5, 0.6) is 0 Å². The Balaban J connectivity index is 1.86. The molecule has 31 heavy (non-hydrogen) atoms. The van der Waals surface area contributed by atoms with Crippen LogP contribution in [0.2, 0.25) is 5.02 Å². The van der Waals surface area contributed by atoms with Gasteiger partial charge in [-0.05, 0) is 66.6 Å². The van der Waals surface area contributed by atoms with Crippen molar-refractivity contribution in [2.45, 2.75) is 38.1 Å². The summed E-state index contributed by atoms with van der Waals surface area (Å²) >= 11 is 6.12. The lowest BCUT2D eigenvalue weighted by Gasteiger charge is -2.20. The van der Waals surface area contributed by atoms with Gasteiger partial charge in [0.05, 0.1) is 4.90 Å². The van der Waals surface area contributed by atoms with Gasteiger partial charge in [-0.3, -0.25) is 9.59 Å². The Morgan fingerprint density at radius 3 is 2.52 bits per heavy atom. The number of rotatable bonds is 7. The van der Waals surface area contributed by atoms with Crippen LogP contribution >= 0.6 is 11.6 Å². The lowest BCUT2D eigenvalue weighted by Crippen LogP contribution is -2.44. The van der Waals surface area contributed by atoms with Gasteiger partial charge in [-0.25, -0.2) is 8.42 Å². The molecule has 0 aliphatic carbocycles. The Labute approximate surface area is 185 Å². The van der Waals surface area contributed by atoms with Crippen LogP contribution < -0.4 is 15.6 Å². The highest BCUT2D eigenvalue weighted by atomic mass is 35.5. The molecule has 1 amide bonds. The van der Waals surface area contributed by atoms with Gasteiger partial charge in [-0.15, -0.1) is 0 Å². The van der Waals surface area contributed by atoms with Crippen molar-refractivity contribution in [1.82, 2.24) is 9.71 Å². The van der Waals surface area contributed by atoms with E-state index in [0.29, 0.717) is 28.0 Å². The minimum Gasteiger partial charge on any atom is -0.325 e. The summed E-state index contributed by atoms with van der Waals surface area (Å²) in [6, 6.07) is 11.4. The summed E-state index contributed by atoms with van der Waals surface area (Å²) in [6.45, 7) is 5.66. The van der Waals surface area contributed by atoms with Crippen molar-refractivity contribution < 1.29 is 13.2 Å². The molecule has 3 N–H and O–H groups in total. The molecule has 7 nitrogen and oxygen atoms in total. The van der Waals surface area contributed by atoms with E-state index in [4.69, 9.17) is 11.6 Å². The number of carbonyl (C=O) groups excluding carboxylic acids is 1. The fourth-order valence-corrected chi connectivity index (χ4v) is 4.56. The van der Waals surface area contributed by atoms with Gasteiger partial charge in [0, 0.05) is 22.3 Å². The minimum absolute atomic E-state index is 0.00647. The fraction of sp³-hybridized carbons (Fsp3) is 0.273. The molecule has 0 unspecified atom stereocenters. The molecule has 0 saturated carbocycles. The molecule has 0 aliphatic rings. The van der Waals surface area contributed by atoms with Gasteiger partial charge < -0.3 is 10.3 Å². The molecule has 0 spiro atoms. The number of aryl methyl sites for hydroxylation is 1. The maximum atomic E-state index is 13.0. The van der Waals surface area contributed by atoms with E-state index in [1.54, 1.807) is 24.3 Å². The first-order valence-corrected chi connectivity index (χ1v) is 11.6. The van der Waals surface area contributed by atoms with E-state index in [2.05, 4.69) is 15.0 Å². The van der Waals surface area contributed by atoms with Crippen LogP contribution in [-0.4, -0.2) is 25.4 Å². The average molecular weight is 462 g/mol. The molecule has 1 atom stereocenters. The summed E-state index contributed by atoms with van der Waals surface area (Å²) in [5.74, 6) is -0.399. The number of amides is 1. The summed E-state index contributed by atoms with van der Waals surface area (Å²) in [5.41, 5.74) is 1.62. The van der Waals surface area contributed by atoms with Gasteiger partial charge in [0.2, 0.25) is 21.5 Å². The molecule has 9 heteroatoms. The minimum atomic E-state index is -3.99. The second-order valence-corrected chi connectivity index (χ2v) is 9.95. The number of hydrogen-bond acceptors (Lipinski definition) is 4. The van der Waals surface area contributed by atoms with Gasteiger partial charge in [-0.2, -0.15) is 4.72 Å². The van der Waals surface area contributed by atoms with Crippen LogP contribution in [-0.2, 0) is 14.8 Å². The van der Waals surface area contributed by atoms with Crippen molar-refractivity contribution in [3.05, 3.63) is 69.5 Å². The molecular formula is C22H24ClN3O4S. The van der Waals surface area contributed by atoms with Gasteiger partial charge in [-0.1, -0.05) is 31.5 Å².